The van der Waals surface area contributed by atoms with Crippen LogP contribution >= 0.6 is 23.2 Å². The molecule has 5 rings (SSSR count). The molecule has 1 saturated carbocycles. The molecule has 2 aromatic heterocycles. The molecule has 3 aliphatic rings. The van der Waals surface area contributed by atoms with Crippen LogP contribution in [0.2, 0.25) is 10.4 Å². The Hall–Kier alpha value is -2.09. The molecule has 0 unspecified atom stereocenters. The second-order valence-electron chi connectivity index (χ2n) is 9.99. The lowest BCUT2D eigenvalue weighted by Gasteiger charge is -2.39. The van der Waals surface area contributed by atoms with Gasteiger partial charge in [-0.1, -0.05) is 24.4 Å². The van der Waals surface area contributed by atoms with Crippen molar-refractivity contribution in [2.75, 3.05) is 4.90 Å². The van der Waals surface area contributed by atoms with Gasteiger partial charge in [-0.15, -0.1) is 0 Å². The van der Waals surface area contributed by atoms with Crippen molar-refractivity contribution in [1.82, 2.24) is 19.9 Å². The van der Waals surface area contributed by atoms with Crippen molar-refractivity contribution in [3.63, 3.8) is 0 Å². The molecule has 168 valence electrons. The number of fused-ring (bicyclic) bond motifs is 2. The van der Waals surface area contributed by atoms with Gasteiger partial charge in [0.15, 0.2) is 11.6 Å². The molecule has 2 aliphatic heterocycles. The third-order valence-corrected chi connectivity index (χ3v) is 6.88. The Kier molecular flexibility index (Phi) is 4.89. The average Bonchev–Trinajstić information content (AvgIpc) is 3.24. The molecule has 1 spiro atoms. The maximum absolute atomic E-state index is 13.7. The van der Waals surface area contributed by atoms with Crippen molar-refractivity contribution in [2.45, 2.75) is 76.4 Å². The van der Waals surface area contributed by atoms with Gasteiger partial charge >= 0.3 is 0 Å². The standard InChI is InChI=1S/C23H25Cl2N5O2/c1-21(2)9-13(10-22(3,4)32-21)17-26-11-14(12-27-17)30-18-15(16(24)28-20(25)29-18)23(19(30)31)7-5-6-8-23/h9,11-12H,5-8,10H2,1-4H3. The van der Waals surface area contributed by atoms with Crippen LogP contribution in [-0.4, -0.2) is 37.0 Å². The quantitative estimate of drug-likeness (QED) is 0.427. The number of carbonyl (C=O) groups is 1. The summed E-state index contributed by atoms with van der Waals surface area (Å²) in [6.45, 7) is 8.17. The first-order valence-corrected chi connectivity index (χ1v) is 11.6. The highest BCUT2D eigenvalue weighted by Gasteiger charge is 2.55. The van der Waals surface area contributed by atoms with Crippen LogP contribution in [0.3, 0.4) is 0 Å². The Labute approximate surface area is 197 Å². The maximum Gasteiger partial charge on any atom is 0.243 e. The molecule has 9 heteroatoms. The molecule has 7 nitrogen and oxygen atoms in total. The van der Waals surface area contributed by atoms with E-state index in [1.165, 1.54) is 0 Å². The summed E-state index contributed by atoms with van der Waals surface area (Å²) < 4.78 is 6.12. The van der Waals surface area contributed by atoms with Crippen molar-refractivity contribution in [2.24, 2.45) is 0 Å². The number of anilines is 2. The van der Waals surface area contributed by atoms with Crippen LogP contribution in [0.15, 0.2) is 18.5 Å². The normalized spacial score (nSPS) is 22.9. The Morgan fingerprint density at radius 3 is 2.31 bits per heavy atom. The summed E-state index contributed by atoms with van der Waals surface area (Å²) in [4.78, 5) is 32.9. The number of rotatable bonds is 2. The van der Waals surface area contributed by atoms with Crippen LogP contribution in [0.25, 0.3) is 5.57 Å². The maximum atomic E-state index is 13.7. The monoisotopic (exact) mass is 473 g/mol. The second kappa shape index (κ2) is 7.20. The van der Waals surface area contributed by atoms with Crippen LogP contribution in [0.4, 0.5) is 11.5 Å². The van der Waals surface area contributed by atoms with E-state index in [0.717, 1.165) is 31.3 Å². The smallest absolute Gasteiger partial charge is 0.243 e. The minimum atomic E-state index is -0.701. The van der Waals surface area contributed by atoms with E-state index in [-0.39, 0.29) is 21.9 Å². The summed E-state index contributed by atoms with van der Waals surface area (Å²) in [5.41, 5.74) is 0.798. The minimum Gasteiger partial charge on any atom is -0.365 e. The summed E-state index contributed by atoms with van der Waals surface area (Å²) >= 11 is 12.6. The zero-order valence-corrected chi connectivity index (χ0v) is 20.1. The predicted octanol–water partition coefficient (Wildman–Crippen LogP) is 5.42. The lowest BCUT2D eigenvalue weighted by Crippen LogP contribution is -2.39. The number of hydrogen-bond acceptors (Lipinski definition) is 6. The van der Waals surface area contributed by atoms with Crippen LogP contribution in [0.5, 0.6) is 0 Å². The lowest BCUT2D eigenvalue weighted by molar-refractivity contribution is -0.122. The van der Waals surface area contributed by atoms with Crippen molar-refractivity contribution in [3.8, 4) is 0 Å². The molecular weight excluding hydrogens is 449 g/mol. The van der Waals surface area contributed by atoms with E-state index in [2.05, 4.69) is 39.9 Å². The average molecular weight is 474 g/mol. The molecule has 0 bridgehead atoms. The highest BCUT2D eigenvalue weighted by molar-refractivity contribution is 6.34. The molecule has 0 N–H and O–H groups in total. The van der Waals surface area contributed by atoms with Crippen LogP contribution in [0.1, 0.15) is 71.2 Å². The number of amides is 1. The Balaban J connectivity index is 1.56. The first-order chi connectivity index (χ1) is 15.0. The summed E-state index contributed by atoms with van der Waals surface area (Å²) in [5.74, 6) is 0.998. The molecule has 0 radical (unpaired) electrons. The number of ether oxygens (including phenoxy) is 1. The highest BCUT2D eigenvalue weighted by atomic mass is 35.5. The molecule has 1 aliphatic carbocycles. The van der Waals surface area contributed by atoms with Crippen LogP contribution < -0.4 is 4.90 Å². The topological polar surface area (TPSA) is 81.1 Å². The molecule has 32 heavy (non-hydrogen) atoms. The van der Waals surface area contributed by atoms with Crippen molar-refractivity contribution in [3.05, 3.63) is 40.3 Å². The number of hydrogen-bond donors (Lipinski definition) is 0. The predicted molar refractivity (Wildman–Crippen MR) is 123 cm³/mol. The summed E-state index contributed by atoms with van der Waals surface area (Å²) in [5, 5.41) is 0.253. The van der Waals surface area contributed by atoms with E-state index < -0.39 is 11.0 Å². The summed E-state index contributed by atoms with van der Waals surface area (Å²) in [6, 6.07) is 0. The van der Waals surface area contributed by atoms with Crippen molar-refractivity contribution >= 4 is 46.2 Å². The van der Waals surface area contributed by atoms with Crippen LogP contribution in [-0.2, 0) is 14.9 Å². The summed E-state index contributed by atoms with van der Waals surface area (Å²) in [6.07, 6.45) is 9.43. The van der Waals surface area contributed by atoms with Crippen molar-refractivity contribution in [1.29, 1.82) is 0 Å². The van der Waals surface area contributed by atoms with E-state index in [1.807, 2.05) is 13.8 Å². The van der Waals surface area contributed by atoms with Gasteiger partial charge in [-0.05, 0) is 63.8 Å². The number of nitrogens with zero attached hydrogens (tertiary/aromatic N) is 5. The molecule has 2 aromatic rings. The zero-order valence-electron chi connectivity index (χ0n) is 18.6. The fourth-order valence-electron chi connectivity index (χ4n) is 5.52. The zero-order chi connectivity index (χ0) is 22.9. The third kappa shape index (κ3) is 3.42. The number of aromatic nitrogens is 4. The van der Waals surface area contributed by atoms with Gasteiger partial charge in [0.25, 0.3) is 0 Å². The number of carbonyl (C=O) groups excluding carboxylic acids is 1. The van der Waals surface area contributed by atoms with Gasteiger partial charge in [0, 0.05) is 12.0 Å². The SMILES string of the molecule is CC1(C)C=C(c2ncc(N3C(=O)C4(CCCC4)c4c(Cl)nc(Cl)nc43)cn2)CC(C)(C)O1. The lowest BCUT2D eigenvalue weighted by atomic mass is 9.81. The van der Waals surface area contributed by atoms with Gasteiger partial charge in [-0.25, -0.2) is 15.0 Å². The Morgan fingerprint density at radius 2 is 1.69 bits per heavy atom. The van der Waals surface area contributed by atoms with E-state index in [4.69, 9.17) is 27.9 Å². The molecule has 0 saturated heterocycles. The molecule has 0 atom stereocenters. The largest absolute Gasteiger partial charge is 0.365 e. The van der Waals surface area contributed by atoms with Gasteiger partial charge < -0.3 is 4.74 Å². The Morgan fingerprint density at radius 1 is 1.03 bits per heavy atom. The van der Waals surface area contributed by atoms with E-state index in [1.54, 1.807) is 17.3 Å². The van der Waals surface area contributed by atoms with Gasteiger partial charge in [0.05, 0.1) is 34.7 Å². The van der Waals surface area contributed by atoms with Crippen molar-refractivity contribution < 1.29 is 9.53 Å². The van der Waals surface area contributed by atoms with Gasteiger partial charge in [-0.3, -0.25) is 9.69 Å². The molecule has 0 aromatic carbocycles. The van der Waals surface area contributed by atoms with Gasteiger partial charge in [0.1, 0.15) is 5.15 Å². The third-order valence-electron chi connectivity index (χ3n) is 6.44. The minimum absolute atomic E-state index is 0.0101. The fourth-order valence-corrected chi connectivity index (χ4v) is 6.08. The van der Waals surface area contributed by atoms with Gasteiger partial charge in [-0.2, -0.15) is 4.98 Å². The van der Waals surface area contributed by atoms with E-state index in [9.17, 15) is 4.79 Å². The second-order valence-corrected chi connectivity index (χ2v) is 10.7. The fraction of sp³-hybridized carbons (Fsp3) is 0.522. The number of halogens is 2. The first-order valence-electron chi connectivity index (χ1n) is 10.8. The molecule has 4 heterocycles. The molecule has 1 amide bonds. The van der Waals surface area contributed by atoms with Gasteiger partial charge in [0.2, 0.25) is 11.2 Å². The molecular formula is C23H25Cl2N5O2. The summed E-state index contributed by atoms with van der Waals surface area (Å²) in [7, 11) is 0. The first kappa shape index (κ1) is 21.7. The highest BCUT2D eigenvalue weighted by Crippen LogP contribution is 2.54. The van der Waals surface area contributed by atoms with E-state index >= 15 is 0 Å². The molecule has 1 fully saturated rings. The Bertz CT molecular complexity index is 1140. The van der Waals surface area contributed by atoms with Crippen LogP contribution in [0, 0.1) is 0 Å². The van der Waals surface area contributed by atoms with E-state index in [0.29, 0.717) is 29.3 Å².